The highest BCUT2D eigenvalue weighted by atomic mass is 19.1. The van der Waals surface area contributed by atoms with Gasteiger partial charge in [0.2, 0.25) is 0 Å². The first-order valence-corrected chi connectivity index (χ1v) is 14.4. The van der Waals surface area contributed by atoms with Crippen molar-refractivity contribution in [3.63, 3.8) is 0 Å². The Morgan fingerprint density at radius 2 is 1.94 bits per heavy atom. The van der Waals surface area contributed by atoms with Gasteiger partial charge in [0, 0.05) is 0 Å². The first-order chi connectivity index (χ1) is 16.2. The van der Waals surface area contributed by atoms with E-state index in [0.29, 0.717) is 29.1 Å². The average Bonchev–Trinajstić information content (AvgIpc) is 3.60. The van der Waals surface area contributed by atoms with Gasteiger partial charge in [-0.05, 0) is 122 Å². The summed E-state index contributed by atoms with van der Waals surface area (Å²) >= 11 is 0. The van der Waals surface area contributed by atoms with Crippen molar-refractivity contribution >= 4 is 0 Å². The number of allylic oxidation sites excluding steroid dienone is 3. The number of halogens is 1. The first kappa shape index (κ1) is 25.7. The van der Waals surface area contributed by atoms with Crippen LogP contribution in [0.25, 0.3) is 0 Å². The van der Waals surface area contributed by atoms with Crippen LogP contribution in [0.15, 0.2) is 35.9 Å². The van der Waals surface area contributed by atoms with E-state index >= 15 is 4.39 Å². The summed E-state index contributed by atoms with van der Waals surface area (Å²) in [7, 11) is 0. The largest absolute Gasteiger partial charge is 0.207 e. The average molecular weight is 465 g/mol. The fourth-order valence-electron chi connectivity index (χ4n) is 7.14. The topological polar surface area (TPSA) is 0 Å². The van der Waals surface area contributed by atoms with E-state index < -0.39 is 0 Å². The van der Waals surface area contributed by atoms with Crippen molar-refractivity contribution in [2.45, 2.75) is 124 Å². The zero-order chi connectivity index (χ0) is 24.5. The van der Waals surface area contributed by atoms with Gasteiger partial charge in [0.25, 0.3) is 0 Å². The third-order valence-electron chi connectivity index (χ3n) is 9.80. The predicted octanol–water partition coefficient (Wildman–Crippen LogP) is 10.3. The van der Waals surface area contributed by atoms with E-state index in [1.54, 1.807) is 5.57 Å². The Morgan fingerprint density at radius 3 is 2.65 bits per heavy atom. The molecular weight excluding hydrogens is 415 g/mol. The SMILES string of the molecule is C=C(CC)C(C)C(C)CCCC(C)c1cc(C2CC2)c(CCC23CC=C(CC(C)C2)C3)cc1F. The highest BCUT2D eigenvalue weighted by Crippen LogP contribution is 2.53. The van der Waals surface area contributed by atoms with Crippen molar-refractivity contribution in [2.75, 3.05) is 0 Å². The maximum Gasteiger partial charge on any atom is 0.126 e. The van der Waals surface area contributed by atoms with Crippen LogP contribution in [0.2, 0.25) is 0 Å². The molecule has 1 aromatic rings. The fraction of sp³-hybridized carbons (Fsp3) is 0.697. The molecule has 0 aromatic heterocycles. The Morgan fingerprint density at radius 1 is 1.18 bits per heavy atom. The molecule has 0 radical (unpaired) electrons. The third-order valence-corrected chi connectivity index (χ3v) is 9.80. The van der Waals surface area contributed by atoms with Crippen LogP contribution >= 0.6 is 0 Å². The van der Waals surface area contributed by atoms with Crippen molar-refractivity contribution in [3.05, 3.63) is 58.4 Å². The summed E-state index contributed by atoms with van der Waals surface area (Å²) in [5, 5.41) is 0. The molecule has 0 heterocycles. The molecule has 3 aliphatic rings. The van der Waals surface area contributed by atoms with Crippen LogP contribution in [0.5, 0.6) is 0 Å². The molecule has 0 aliphatic heterocycles. The molecule has 188 valence electrons. The van der Waals surface area contributed by atoms with Gasteiger partial charge in [0.15, 0.2) is 0 Å². The molecule has 0 spiro atoms. The minimum atomic E-state index is 0.0485. The number of benzene rings is 1. The minimum absolute atomic E-state index is 0.0485. The third kappa shape index (κ3) is 5.88. The molecule has 5 unspecified atom stereocenters. The molecular formula is C33H49F. The van der Waals surface area contributed by atoms with Crippen LogP contribution in [0.3, 0.4) is 0 Å². The number of hydrogen-bond donors (Lipinski definition) is 0. The highest BCUT2D eigenvalue weighted by molar-refractivity contribution is 5.39. The van der Waals surface area contributed by atoms with Crippen molar-refractivity contribution in [1.29, 1.82) is 0 Å². The van der Waals surface area contributed by atoms with E-state index in [4.69, 9.17) is 0 Å². The van der Waals surface area contributed by atoms with Crippen LogP contribution in [-0.2, 0) is 6.42 Å². The van der Waals surface area contributed by atoms with Gasteiger partial charge in [-0.3, -0.25) is 0 Å². The van der Waals surface area contributed by atoms with Crippen molar-refractivity contribution in [1.82, 2.24) is 0 Å². The molecule has 1 heteroatoms. The van der Waals surface area contributed by atoms with Gasteiger partial charge in [-0.1, -0.05) is 77.3 Å². The van der Waals surface area contributed by atoms with Crippen molar-refractivity contribution in [3.8, 4) is 0 Å². The van der Waals surface area contributed by atoms with Crippen LogP contribution in [0.4, 0.5) is 4.39 Å². The summed E-state index contributed by atoms with van der Waals surface area (Å²) < 4.78 is 15.4. The molecule has 2 fully saturated rings. The van der Waals surface area contributed by atoms with Gasteiger partial charge in [-0.15, -0.1) is 0 Å². The Bertz CT molecular complexity index is 903. The Kier molecular flexibility index (Phi) is 8.10. The molecule has 34 heavy (non-hydrogen) atoms. The van der Waals surface area contributed by atoms with E-state index in [0.717, 1.165) is 30.7 Å². The molecule has 0 nitrogen and oxygen atoms in total. The summed E-state index contributed by atoms with van der Waals surface area (Å²) in [6.45, 7) is 15.8. The molecule has 2 saturated carbocycles. The second kappa shape index (κ2) is 10.7. The minimum Gasteiger partial charge on any atom is -0.207 e. The lowest BCUT2D eigenvalue weighted by Crippen LogP contribution is -2.25. The lowest BCUT2D eigenvalue weighted by molar-refractivity contribution is 0.190. The van der Waals surface area contributed by atoms with E-state index in [1.807, 2.05) is 6.07 Å². The molecule has 1 aromatic carbocycles. The van der Waals surface area contributed by atoms with E-state index in [9.17, 15) is 0 Å². The van der Waals surface area contributed by atoms with Gasteiger partial charge < -0.3 is 0 Å². The Labute approximate surface area is 209 Å². The van der Waals surface area contributed by atoms with Crippen LogP contribution in [0, 0.1) is 29.0 Å². The van der Waals surface area contributed by atoms with Gasteiger partial charge in [-0.25, -0.2) is 4.39 Å². The number of fused-ring (bicyclic) bond motifs is 2. The second-order valence-electron chi connectivity index (χ2n) is 12.7. The first-order valence-electron chi connectivity index (χ1n) is 14.4. The second-order valence-corrected chi connectivity index (χ2v) is 12.7. The normalized spacial score (nSPS) is 26.8. The molecule has 4 rings (SSSR count). The van der Waals surface area contributed by atoms with Gasteiger partial charge >= 0.3 is 0 Å². The summed E-state index contributed by atoms with van der Waals surface area (Å²) in [5.41, 5.74) is 7.29. The zero-order valence-electron chi connectivity index (χ0n) is 22.7. The predicted molar refractivity (Wildman–Crippen MR) is 145 cm³/mol. The van der Waals surface area contributed by atoms with E-state index in [2.05, 4.69) is 53.3 Å². The van der Waals surface area contributed by atoms with Crippen molar-refractivity contribution < 1.29 is 4.39 Å². The molecule has 2 bridgehead atoms. The lowest BCUT2D eigenvalue weighted by Gasteiger charge is -2.36. The highest BCUT2D eigenvalue weighted by Gasteiger charge is 2.40. The van der Waals surface area contributed by atoms with Gasteiger partial charge in [0.05, 0.1) is 0 Å². The van der Waals surface area contributed by atoms with Crippen LogP contribution < -0.4 is 0 Å². The number of rotatable bonds is 12. The summed E-state index contributed by atoms with van der Waals surface area (Å²) in [4.78, 5) is 0. The summed E-state index contributed by atoms with van der Waals surface area (Å²) in [6, 6.07) is 4.24. The molecule has 5 atom stereocenters. The molecule has 0 N–H and O–H groups in total. The monoisotopic (exact) mass is 464 g/mol. The molecule has 0 saturated heterocycles. The van der Waals surface area contributed by atoms with E-state index in [1.165, 1.54) is 74.5 Å². The summed E-state index contributed by atoms with van der Waals surface area (Å²) in [6.07, 6.45) is 17.1. The quantitative estimate of drug-likeness (QED) is 0.270. The van der Waals surface area contributed by atoms with E-state index in [-0.39, 0.29) is 5.82 Å². The molecule has 3 aliphatic carbocycles. The molecule has 0 amide bonds. The van der Waals surface area contributed by atoms with Crippen LogP contribution in [0.1, 0.15) is 134 Å². The maximum atomic E-state index is 15.4. The van der Waals surface area contributed by atoms with Gasteiger partial charge in [-0.2, -0.15) is 0 Å². The van der Waals surface area contributed by atoms with Crippen LogP contribution in [-0.4, -0.2) is 0 Å². The number of hydrogen-bond acceptors (Lipinski definition) is 0. The standard InChI is InChI=1S/C33H49F/c1-7-23(3)26(6)24(4)9-8-10-25(5)30-19-31(28-11-12-28)29(18-32(30)34)14-16-33-15-13-27(21-33)17-22(2)20-33/h13,18-19,22,24-26,28H,3,7-12,14-17,20-21H2,1-2,4-6H3. The smallest absolute Gasteiger partial charge is 0.126 e. The van der Waals surface area contributed by atoms with Crippen molar-refractivity contribution in [2.24, 2.45) is 23.2 Å². The zero-order valence-corrected chi connectivity index (χ0v) is 22.7. The van der Waals surface area contributed by atoms with Gasteiger partial charge in [0.1, 0.15) is 5.82 Å². The maximum absolute atomic E-state index is 15.4. The lowest BCUT2D eigenvalue weighted by atomic mass is 9.68. The Balaban J connectivity index is 1.39. The summed E-state index contributed by atoms with van der Waals surface area (Å²) in [5.74, 6) is 3.07. The number of aryl methyl sites for hydroxylation is 1. The fourth-order valence-corrected chi connectivity index (χ4v) is 7.14. The Hall–Kier alpha value is -1.37.